The molecule has 0 fully saturated rings. The third kappa shape index (κ3) is 3.81. The standard InChI is InChI=1S/C15H15F3N2O/c1-21-12-5-2-10(3-6-12)9-20-14-7-4-11(8-13(14)19)15(16,17)18/h2-8,20H,9,19H2,1H3. The Balaban J connectivity index is 2.06. The van der Waals surface area contributed by atoms with Crippen molar-refractivity contribution in [3.05, 3.63) is 53.6 Å². The zero-order valence-corrected chi connectivity index (χ0v) is 11.4. The van der Waals surface area contributed by atoms with Crippen molar-refractivity contribution in [2.45, 2.75) is 12.7 Å². The van der Waals surface area contributed by atoms with Crippen molar-refractivity contribution in [3.63, 3.8) is 0 Å². The molecule has 6 heteroatoms. The monoisotopic (exact) mass is 296 g/mol. The van der Waals surface area contributed by atoms with Gasteiger partial charge in [-0.2, -0.15) is 13.2 Å². The first-order valence-electron chi connectivity index (χ1n) is 6.23. The summed E-state index contributed by atoms with van der Waals surface area (Å²) in [6.45, 7) is 0.458. The summed E-state index contributed by atoms with van der Waals surface area (Å²) in [5.41, 5.74) is 6.40. The normalized spacial score (nSPS) is 11.2. The predicted molar refractivity (Wildman–Crippen MR) is 76.2 cm³/mol. The molecule has 3 nitrogen and oxygen atoms in total. The van der Waals surface area contributed by atoms with Gasteiger partial charge in [-0.3, -0.25) is 0 Å². The van der Waals surface area contributed by atoms with Crippen LogP contribution in [-0.4, -0.2) is 7.11 Å². The Morgan fingerprint density at radius 1 is 1.10 bits per heavy atom. The fourth-order valence-corrected chi connectivity index (χ4v) is 1.84. The highest BCUT2D eigenvalue weighted by Crippen LogP contribution is 2.32. The number of ether oxygens (including phenoxy) is 1. The third-order valence-electron chi connectivity index (χ3n) is 3.02. The van der Waals surface area contributed by atoms with Gasteiger partial charge in [-0.15, -0.1) is 0 Å². The van der Waals surface area contributed by atoms with E-state index in [1.165, 1.54) is 6.07 Å². The fourth-order valence-electron chi connectivity index (χ4n) is 1.84. The number of anilines is 2. The van der Waals surface area contributed by atoms with Gasteiger partial charge in [0.1, 0.15) is 5.75 Å². The average molecular weight is 296 g/mol. The van der Waals surface area contributed by atoms with Gasteiger partial charge in [0.25, 0.3) is 0 Å². The quantitative estimate of drug-likeness (QED) is 0.841. The van der Waals surface area contributed by atoms with E-state index >= 15 is 0 Å². The molecule has 0 atom stereocenters. The van der Waals surface area contributed by atoms with Crippen molar-refractivity contribution in [3.8, 4) is 5.75 Å². The second-order valence-corrected chi connectivity index (χ2v) is 4.50. The smallest absolute Gasteiger partial charge is 0.416 e. The Bertz CT molecular complexity index is 609. The van der Waals surface area contributed by atoms with Crippen LogP contribution in [0.1, 0.15) is 11.1 Å². The zero-order valence-electron chi connectivity index (χ0n) is 11.4. The van der Waals surface area contributed by atoms with Crippen LogP contribution in [0, 0.1) is 0 Å². The van der Waals surface area contributed by atoms with Crippen LogP contribution in [0.5, 0.6) is 5.75 Å². The number of benzene rings is 2. The van der Waals surface area contributed by atoms with Crippen LogP contribution in [0.4, 0.5) is 24.5 Å². The number of hydrogen-bond donors (Lipinski definition) is 2. The second-order valence-electron chi connectivity index (χ2n) is 4.50. The highest BCUT2D eigenvalue weighted by molar-refractivity contribution is 5.67. The minimum Gasteiger partial charge on any atom is -0.497 e. The lowest BCUT2D eigenvalue weighted by Gasteiger charge is -2.13. The van der Waals surface area contributed by atoms with Crippen molar-refractivity contribution < 1.29 is 17.9 Å². The van der Waals surface area contributed by atoms with E-state index in [1.54, 1.807) is 7.11 Å². The molecule has 0 radical (unpaired) electrons. The largest absolute Gasteiger partial charge is 0.497 e. The summed E-state index contributed by atoms with van der Waals surface area (Å²) in [6, 6.07) is 10.6. The first-order chi connectivity index (χ1) is 9.90. The number of alkyl halides is 3. The van der Waals surface area contributed by atoms with E-state index in [9.17, 15) is 13.2 Å². The molecule has 0 amide bonds. The molecular formula is C15H15F3N2O. The molecule has 21 heavy (non-hydrogen) atoms. The minimum atomic E-state index is -4.39. The number of hydrogen-bond acceptors (Lipinski definition) is 3. The summed E-state index contributed by atoms with van der Waals surface area (Å²) in [5, 5.41) is 3.01. The molecule has 0 unspecified atom stereocenters. The first kappa shape index (κ1) is 15.0. The molecule has 0 aromatic heterocycles. The average Bonchev–Trinajstić information content (AvgIpc) is 2.45. The summed E-state index contributed by atoms with van der Waals surface area (Å²) >= 11 is 0. The molecule has 0 bridgehead atoms. The molecule has 0 heterocycles. The number of rotatable bonds is 4. The van der Waals surface area contributed by atoms with Gasteiger partial charge in [-0.05, 0) is 35.9 Å². The van der Waals surface area contributed by atoms with E-state index in [0.717, 1.165) is 23.4 Å². The molecule has 3 N–H and O–H groups in total. The molecule has 2 rings (SSSR count). The van der Waals surface area contributed by atoms with Crippen LogP contribution in [0.2, 0.25) is 0 Å². The molecule has 2 aromatic rings. The van der Waals surface area contributed by atoms with E-state index in [2.05, 4.69) is 5.32 Å². The fraction of sp³-hybridized carbons (Fsp3) is 0.200. The van der Waals surface area contributed by atoms with Crippen LogP contribution < -0.4 is 15.8 Å². The van der Waals surface area contributed by atoms with Gasteiger partial charge in [-0.25, -0.2) is 0 Å². The summed E-state index contributed by atoms with van der Waals surface area (Å²) in [7, 11) is 1.58. The van der Waals surface area contributed by atoms with Gasteiger partial charge in [0.05, 0.1) is 24.0 Å². The van der Waals surface area contributed by atoms with Gasteiger partial charge in [0.2, 0.25) is 0 Å². The van der Waals surface area contributed by atoms with Crippen molar-refractivity contribution in [1.29, 1.82) is 0 Å². The van der Waals surface area contributed by atoms with Crippen LogP contribution in [0.15, 0.2) is 42.5 Å². The molecule has 0 aliphatic carbocycles. The topological polar surface area (TPSA) is 47.3 Å². The van der Waals surface area contributed by atoms with E-state index in [-0.39, 0.29) is 5.69 Å². The van der Waals surface area contributed by atoms with Gasteiger partial charge in [0.15, 0.2) is 0 Å². The summed E-state index contributed by atoms with van der Waals surface area (Å²) in [5.74, 6) is 0.743. The highest BCUT2D eigenvalue weighted by atomic mass is 19.4. The number of halogens is 3. The van der Waals surface area contributed by atoms with Crippen molar-refractivity contribution in [1.82, 2.24) is 0 Å². The molecule has 112 valence electrons. The Kier molecular flexibility index (Phi) is 4.26. The first-order valence-corrected chi connectivity index (χ1v) is 6.23. The molecule has 0 saturated heterocycles. The SMILES string of the molecule is COc1ccc(CNc2ccc(C(F)(F)F)cc2N)cc1. The van der Waals surface area contributed by atoms with E-state index in [0.29, 0.717) is 12.2 Å². The predicted octanol–water partition coefficient (Wildman–Crippen LogP) is 3.91. The molecular weight excluding hydrogens is 281 g/mol. The lowest BCUT2D eigenvalue weighted by molar-refractivity contribution is -0.137. The van der Waals surface area contributed by atoms with E-state index in [4.69, 9.17) is 10.5 Å². The maximum absolute atomic E-state index is 12.5. The van der Waals surface area contributed by atoms with Gasteiger partial charge < -0.3 is 15.8 Å². The van der Waals surface area contributed by atoms with E-state index < -0.39 is 11.7 Å². The summed E-state index contributed by atoms with van der Waals surface area (Å²) in [6.07, 6.45) is -4.39. The maximum Gasteiger partial charge on any atom is 0.416 e. The molecule has 2 aromatic carbocycles. The lowest BCUT2D eigenvalue weighted by Crippen LogP contribution is -2.08. The van der Waals surface area contributed by atoms with Gasteiger partial charge in [0, 0.05) is 6.54 Å². The lowest BCUT2D eigenvalue weighted by atomic mass is 10.1. The summed E-state index contributed by atoms with van der Waals surface area (Å²) < 4.78 is 42.7. The zero-order chi connectivity index (χ0) is 15.5. The van der Waals surface area contributed by atoms with Crippen molar-refractivity contribution in [2.24, 2.45) is 0 Å². The Hall–Kier alpha value is -2.37. The van der Waals surface area contributed by atoms with Crippen LogP contribution in [0.3, 0.4) is 0 Å². The molecule has 0 aliphatic rings. The third-order valence-corrected chi connectivity index (χ3v) is 3.02. The van der Waals surface area contributed by atoms with Crippen LogP contribution >= 0.6 is 0 Å². The number of nitrogen functional groups attached to an aromatic ring is 1. The highest BCUT2D eigenvalue weighted by Gasteiger charge is 2.30. The molecule has 0 saturated carbocycles. The Morgan fingerprint density at radius 3 is 2.29 bits per heavy atom. The molecule has 0 aliphatic heterocycles. The number of nitrogens with one attached hydrogen (secondary N) is 1. The van der Waals surface area contributed by atoms with E-state index in [1.807, 2.05) is 24.3 Å². The Morgan fingerprint density at radius 2 is 1.76 bits per heavy atom. The second kappa shape index (κ2) is 5.95. The maximum atomic E-state index is 12.5. The van der Waals surface area contributed by atoms with Gasteiger partial charge >= 0.3 is 6.18 Å². The van der Waals surface area contributed by atoms with Gasteiger partial charge in [-0.1, -0.05) is 12.1 Å². The molecule has 0 spiro atoms. The Labute approximate surface area is 120 Å². The van der Waals surface area contributed by atoms with Crippen molar-refractivity contribution >= 4 is 11.4 Å². The van der Waals surface area contributed by atoms with Crippen LogP contribution in [-0.2, 0) is 12.7 Å². The number of methoxy groups -OCH3 is 1. The van der Waals surface area contributed by atoms with Crippen molar-refractivity contribution in [2.75, 3.05) is 18.2 Å². The number of nitrogens with two attached hydrogens (primary N) is 1. The summed E-state index contributed by atoms with van der Waals surface area (Å²) in [4.78, 5) is 0. The minimum absolute atomic E-state index is 0.0679. The van der Waals surface area contributed by atoms with Crippen LogP contribution in [0.25, 0.3) is 0 Å².